The van der Waals surface area contributed by atoms with Gasteiger partial charge in [0.25, 0.3) is 0 Å². The van der Waals surface area contributed by atoms with Gasteiger partial charge < -0.3 is 19.9 Å². The number of benzene rings is 1. The van der Waals surface area contributed by atoms with Crippen molar-refractivity contribution in [2.75, 3.05) is 25.9 Å². The molecule has 2 aromatic rings. The van der Waals surface area contributed by atoms with Crippen LogP contribution in [0.5, 0.6) is 5.75 Å². The third-order valence-electron chi connectivity index (χ3n) is 4.30. The topological polar surface area (TPSA) is 56.3 Å². The minimum absolute atomic E-state index is 0.546. The Morgan fingerprint density at radius 1 is 1.43 bits per heavy atom. The predicted molar refractivity (Wildman–Crippen MR) is 85.6 cm³/mol. The maximum absolute atomic E-state index is 6.15. The van der Waals surface area contributed by atoms with E-state index in [2.05, 4.69) is 34.5 Å². The van der Waals surface area contributed by atoms with Gasteiger partial charge in [0.15, 0.2) is 0 Å². The van der Waals surface area contributed by atoms with Gasteiger partial charge in [0.05, 0.1) is 12.1 Å². The molecule has 1 aromatic carbocycles. The lowest BCUT2D eigenvalue weighted by Gasteiger charge is -2.20. The number of para-hydroxylation sites is 1. The second kappa shape index (κ2) is 5.93. The zero-order valence-electron chi connectivity index (χ0n) is 12.9. The number of ether oxygens (including phenoxy) is 1. The molecule has 5 nitrogen and oxygen atoms in total. The van der Waals surface area contributed by atoms with Crippen molar-refractivity contribution < 1.29 is 4.74 Å². The van der Waals surface area contributed by atoms with Gasteiger partial charge in [-0.05, 0) is 45.0 Å². The first-order valence-electron chi connectivity index (χ1n) is 7.78. The number of hydrogen-bond acceptors (Lipinski definition) is 4. The molecular weight excluding hydrogens is 264 g/mol. The van der Waals surface area contributed by atoms with Crippen LogP contribution in [0.2, 0.25) is 0 Å². The summed E-state index contributed by atoms with van der Waals surface area (Å²) in [6.07, 6.45) is 3.47. The van der Waals surface area contributed by atoms with Crippen molar-refractivity contribution in [2.45, 2.75) is 38.8 Å². The van der Waals surface area contributed by atoms with Crippen molar-refractivity contribution in [3.05, 3.63) is 18.2 Å². The molecule has 1 aliphatic heterocycles. The second-order valence-corrected chi connectivity index (χ2v) is 5.83. The number of imidazole rings is 1. The molecule has 3 rings (SSSR count). The molecule has 114 valence electrons. The largest absolute Gasteiger partial charge is 0.491 e. The van der Waals surface area contributed by atoms with Crippen molar-refractivity contribution in [3.8, 4) is 5.75 Å². The van der Waals surface area contributed by atoms with Crippen molar-refractivity contribution in [2.24, 2.45) is 0 Å². The Morgan fingerprint density at radius 2 is 2.29 bits per heavy atom. The van der Waals surface area contributed by atoms with E-state index in [9.17, 15) is 0 Å². The first kappa shape index (κ1) is 14.2. The summed E-state index contributed by atoms with van der Waals surface area (Å²) in [4.78, 5) is 6.94. The summed E-state index contributed by atoms with van der Waals surface area (Å²) in [5.41, 5.74) is 8.10. The van der Waals surface area contributed by atoms with Crippen molar-refractivity contribution in [3.63, 3.8) is 0 Å². The van der Waals surface area contributed by atoms with E-state index in [0.29, 0.717) is 18.6 Å². The zero-order valence-corrected chi connectivity index (χ0v) is 12.9. The molecule has 1 aliphatic rings. The SMILES string of the molecule is CCCOc1cccc2c1nc(N)n2CC1CCCN1C. The van der Waals surface area contributed by atoms with Crippen LogP contribution in [0.4, 0.5) is 5.95 Å². The van der Waals surface area contributed by atoms with E-state index in [1.165, 1.54) is 19.4 Å². The van der Waals surface area contributed by atoms with Gasteiger partial charge in [-0.2, -0.15) is 0 Å². The van der Waals surface area contributed by atoms with Gasteiger partial charge >= 0.3 is 0 Å². The van der Waals surface area contributed by atoms with E-state index in [1.807, 2.05) is 12.1 Å². The predicted octanol–water partition coefficient (Wildman–Crippen LogP) is 2.50. The van der Waals surface area contributed by atoms with Crippen LogP contribution in [0.1, 0.15) is 26.2 Å². The Kier molecular flexibility index (Phi) is 4.01. The summed E-state index contributed by atoms with van der Waals surface area (Å²) >= 11 is 0. The molecule has 0 radical (unpaired) electrons. The number of fused-ring (bicyclic) bond motifs is 1. The number of nitrogens with two attached hydrogens (primary N) is 1. The van der Waals surface area contributed by atoms with Crippen LogP contribution in [-0.2, 0) is 6.54 Å². The summed E-state index contributed by atoms with van der Waals surface area (Å²) in [5, 5.41) is 0. The average Bonchev–Trinajstić information content (AvgIpc) is 3.02. The Labute approximate surface area is 125 Å². The highest BCUT2D eigenvalue weighted by atomic mass is 16.5. The number of anilines is 1. The van der Waals surface area contributed by atoms with Crippen LogP contribution >= 0.6 is 0 Å². The highest BCUT2D eigenvalue weighted by molar-refractivity contribution is 5.84. The minimum atomic E-state index is 0.546. The molecule has 0 aliphatic carbocycles. The molecule has 0 bridgehead atoms. The summed E-state index contributed by atoms with van der Waals surface area (Å²) in [5.74, 6) is 1.41. The number of nitrogens with zero attached hydrogens (tertiary/aromatic N) is 3. The molecule has 0 amide bonds. The minimum Gasteiger partial charge on any atom is -0.491 e. The van der Waals surface area contributed by atoms with Crippen molar-refractivity contribution in [1.82, 2.24) is 14.5 Å². The third kappa shape index (κ3) is 2.70. The van der Waals surface area contributed by atoms with E-state index in [0.717, 1.165) is 29.7 Å². The molecule has 0 saturated carbocycles. The van der Waals surface area contributed by atoms with Crippen molar-refractivity contribution in [1.29, 1.82) is 0 Å². The number of aromatic nitrogens is 2. The molecule has 5 heteroatoms. The van der Waals surface area contributed by atoms with Gasteiger partial charge in [0.2, 0.25) is 5.95 Å². The van der Waals surface area contributed by atoms with Crippen LogP contribution in [0.15, 0.2) is 18.2 Å². The number of hydrogen-bond donors (Lipinski definition) is 1. The van der Waals surface area contributed by atoms with Crippen LogP contribution in [0.3, 0.4) is 0 Å². The Hall–Kier alpha value is -1.75. The van der Waals surface area contributed by atoms with E-state index in [-0.39, 0.29) is 0 Å². The maximum atomic E-state index is 6.15. The molecular formula is C16H24N4O. The molecule has 0 spiro atoms. The Morgan fingerprint density at radius 3 is 3.00 bits per heavy atom. The molecule has 2 N–H and O–H groups in total. The molecule has 1 saturated heterocycles. The first-order chi connectivity index (χ1) is 10.2. The van der Waals surface area contributed by atoms with Crippen LogP contribution < -0.4 is 10.5 Å². The van der Waals surface area contributed by atoms with Gasteiger partial charge in [-0.15, -0.1) is 0 Å². The highest BCUT2D eigenvalue weighted by Gasteiger charge is 2.23. The van der Waals surface area contributed by atoms with Gasteiger partial charge in [-0.1, -0.05) is 13.0 Å². The van der Waals surface area contributed by atoms with Crippen LogP contribution in [0.25, 0.3) is 11.0 Å². The van der Waals surface area contributed by atoms with E-state index in [4.69, 9.17) is 10.5 Å². The molecule has 1 unspecified atom stereocenters. The van der Waals surface area contributed by atoms with Gasteiger partial charge in [0.1, 0.15) is 11.3 Å². The lowest BCUT2D eigenvalue weighted by molar-refractivity contribution is 0.285. The zero-order chi connectivity index (χ0) is 14.8. The maximum Gasteiger partial charge on any atom is 0.201 e. The van der Waals surface area contributed by atoms with Crippen LogP contribution in [0, 0.1) is 0 Å². The summed E-state index contributed by atoms with van der Waals surface area (Å²) in [6.45, 7) is 4.87. The quantitative estimate of drug-likeness (QED) is 0.918. The normalized spacial score (nSPS) is 19.4. The second-order valence-electron chi connectivity index (χ2n) is 5.83. The highest BCUT2D eigenvalue weighted by Crippen LogP contribution is 2.28. The van der Waals surface area contributed by atoms with E-state index < -0.39 is 0 Å². The van der Waals surface area contributed by atoms with Gasteiger partial charge in [0, 0.05) is 12.6 Å². The lowest BCUT2D eigenvalue weighted by Crippen LogP contribution is -2.29. The standard InChI is InChI=1S/C16H24N4O/c1-3-10-21-14-8-4-7-13-15(14)18-16(17)20(13)11-12-6-5-9-19(12)2/h4,7-8,12H,3,5-6,9-11H2,1-2H3,(H2,17,18). The fraction of sp³-hybridized carbons (Fsp3) is 0.562. The third-order valence-corrected chi connectivity index (χ3v) is 4.30. The monoisotopic (exact) mass is 288 g/mol. The van der Waals surface area contributed by atoms with Crippen molar-refractivity contribution >= 4 is 17.0 Å². The van der Waals surface area contributed by atoms with Gasteiger partial charge in [-0.3, -0.25) is 0 Å². The Balaban J connectivity index is 1.93. The molecule has 1 fully saturated rings. The van der Waals surface area contributed by atoms with Crippen LogP contribution in [-0.4, -0.2) is 40.7 Å². The lowest BCUT2D eigenvalue weighted by atomic mass is 10.2. The number of nitrogen functional groups attached to an aromatic ring is 1. The van der Waals surface area contributed by atoms with E-state index in [1.54, 1.807) is 0 Å². The number of likely N-dealkylation sites (tertiary alicyclic amines) is 1. The molecule has 1 atom stereocenters. The molecule has 2 heterocycles. The van der Waals surface area contributed by atoms with Gasteiger partial charge in [-0.25, -0.2) is 4.98 Å². The number of likely N-dealkylation sites (N-methyl/N-ethyl adjacent to an activating group) is 1. The number of rotatable bonds is 5. The smallest absolute Gasteiger partial charge is 0.201 e. The summed E-state index contributed by atoms with van der Waals surface area (Å²) in [7, 11) is 2.18. The molecule has 1 aromatic heterocycles. The van der Waals surface area contributed by atoms with E-state index >= 15 is 0 Å². The summed E-state index contributed by atoms with van der Waals surface area (Å²) < 4.78 is 7.91. The molecule has 21 heavy (non-hydrogen) atoms. The Bertz CT molecular complexity index is 622. The average molecular weight is 288 g/mol. The summed E-state index contributed by atoms with van der Waals surface area (Å²) in [6, 6.07) is 6.61. The fourth-order valence-corrected chi connectivity index (χ4v) is 3.08. The first-order valence-corrected chi connectivity index (χ1v) is 7.78. The fourth-order valence-electron chi connectivity index (χ4n) is 3.08.